The molecule has 13 rings (SSSR count). The van der Waals surface area contributed by atoms with Gasteiger partial charge in [0.2, 0.25) is 0 Å². The summed E-state index contributed by atoms with van der Waals surface area (Å²) in [6.45, 7) is 0. The Balaban J connectivity index is 1.12. The molecule has 1 unspecified atom stereocenters. The molecule has 4 heteroatoms. The molecule has 1 aliphatic carbocycles. The molecule has 9 aromatic carbocycles. The van der Waals surface area contributed by atoms with Crippen molar-refractivity contribution in [3.8, 4) is 67.4 Å². The smallest absolute Gasteiger partial charge is 0.160 e. The maximum absolute atomic E-state index is 5.42. The van der Waals surface area contributed by atoms with E-state index >= 15 is 0 Å². The van der Waals surface area contributed by atoms with E-state index in [1.807, 2.05) is 0 Å². The van der Waals surface area contributed by atoms with Crippen LogP contribution in [0.1, 0.15) is 18.0 Å². The van der Waals surface area contributed by atoms with Crippen LogP contribution in [0.15, 0.2) is 249 Å². The van der Waals surface area contributed by atoms with Crippen molar-refractivity contribution in [1.29, 1.82) is 0 Å². The molecule has 0 spiro atoms. The van der Waals surface area contributed by atoms with Crippen LogP contribution in [0, 0.1) is 0 Å². The molecule has 0 bridgehead atoms. The van der Waals surface area contributed by atoms with Gasteiger partial charge in [0.1, 0.15) is 0 Å². The van der Waals surface area contributed by atoms with Gasteiger partial charge in [-0.1, -0.05) is 188 Å². The fraction of sp³-hybridized carbons (Fsp3) is 0.0312. The van der Waals surface area contributed by atoms with Gasteiger partial charge in [0.25, 0.3) is 0 Å². The lowest BCUT2D eigenvalue weighted by atomic mass is 9.92. The van der Waals surface area contributed by atoms with Crippen LogP contribution >= 0.6 is 0 Å². The standard InChI is InChI=1S/C64H44N4/c1-6-20-43(21-7-1)48-34-36-61-55(38-48)56-41-50(67-59-32-18-16-30-51(59)52-31-17-19-33-60(52)67)35-37-62(56)68(61)63-53(44-22-8-2-9-23-44)39-49(40-54(63)45-24-10-3-11-25-45)64-65-57(46-26-12-4-13-27-46)42-58(66-64)47-28-14-5-15-29-47/h1-28,30-42,47H,29H2. The molecule has 0 saturated heterocycles. The van der Waals surface area contributed by atoms with Crippen molar-refractivity contribution in [2.24, 2.45) is 0 Å². The molecule has 1 atom stereocenters. The van der Waals surface area contributed by atoms with E-state index in [0.717, 1.165) is 73.6 Å². The monoisotopic (exact) mass is 868 g/mol. The zero-order chi connectivity index (χ0) is 45.0. The maximum atomic E-state index is 5.42. The second-order valence-corrected chi connectivity index (χ2v) is 17.7. The first-order valence-corrected chi connectivity index (χ1v) is 23.4. The quantitative estimate of drug-likeness (QED) is 0.153. The Hall–Kier alpha value is -8.86. The molecule has 0 fully saturated rings. The lowest BCUT2D eigenvalue weighted by Gasteiger charge is -2.22. The predicted molar refractivity (Wildman–Crippen MR) is 284 cm³/mol. The van der Waals surface area contributed by atoms with Gasteiger partial charge in [0, 0.05) is 55.4 Å². The highest BCUT2D eigenvalue weighted by Gasteiger charge is 2.25. The van der Waals surface area contributed by atoms with Gasteiger partial charge in [-0.2, -0.15) is 0 Å². The molecule has 12 aromatic rings. The normalized spacial score (nSPS) is 13.6. The van der Waals surface area contributed by atoms with Gasteiger partial charge in [-0.05, 0) is 89.3 Å². The Morgan fingerprint density at radius 3 is 1.50 bits per heavy atom. The van der Waals surface area contributed by atoms with E-state index in [4.69, 9.17) is 9.97 Å². The summed E-state index contributed by atoms with van der Waals surface area (Å²) >= 11 is 0. The highest BCUT2D eigenvalue weighted by Crippen LogP contribution is 2.45. The first kappa shape index (κ1) is 39.5. The number of hydrogen-bond acceptors (Lipinski definition) is 2. The van der Waals surface area contributed by atoms with Gasteiger partial charge in [-0.25, -0.2) is 9.97 Å². The topological polar surface area (TPSA) is 35.6 Å². The van der Waals surface area contributed by atoms with Gasteiger partial charge in [0.05, 0.1) is 39.1 Å². The lowest BCUT2D eigenvalue weighted by molar-refractivity contribution is 0.811. The predicted octanol–water partition coefficient (Wildman–Crippen LogP) is 16.6. The molecule has 0 aliphatic heterocycles. The van der Waals surface area contributed by atoms with Crippen molar-refractivity contribution in [3.63, 3.8) is 0 Å². The van der Waals surface area contributed by atoms with Crippen molar-refractivity contribution < 1.29 is 0 Å². The Morgan fingerprint density at radius 1 is 0.368 bits per heavy atom. The molecule has 0 N–H and O–H groups in total. The Kier molecular flexibility index (Phi) is 9.61. The van der Waals surface area contributed by atoms with Crippen LogP contribution in [0.2, 0.25) is 0 Å². The molecule has 1 aliphatic rings. The molecule has 320 valence electrons. The van der Waals surface area contributed by atoms with Crippen LogP contribution in [0.4, 0.5) is 0 Å². The summed E-state index contributed by atoms with van der Waals surface area (Å²) in [5.74, 6) is 0.854. The van der Waals surface area contributed by atoms with E-state index in [-0.39, 0.29) is 5.92 Å². The average molecular weight is 869 g/mol. The van der Waals surface area contributed by atoms with Gasteiger partial charge >= 0.3 is 0 Å². The molecule has 0 saturated carbocycles. The zero-order valence-corrected chi connectivity index (χ0v) is 37.2. The molecule has 4 nitrogen and oxygen atoms in total. The third-order valence-electron chi connectivity index (χ3n) is 13.6. The minimum absolute atomic E-state index is 0.150. The summed E-state index contributed by atoms with van der Waals surface area (Å²) in [5.41, 5.74) is 17.6. The van der Waals surface area contributed by atoms with E-state index in [2.05, 4.69) is 258 Å². The number of allylic oxidation sites excluding steroid dienone is 4. The van der Waals surface area contributed by atoms with Gasteiger partial charge in [0.15, 0.2) is 5.82 Å². The van der Waals surface area contributed by atoms with Crippen molar-refractivity contribution in [1.82, 2.24) is 19.1 Å². The summed E-state index contributed by atoms with van der Waals surface area (Å²) in [5, 5.41) is 4.85. The van der Waals surface area contributed by atoms with Crippen LogP contribution < -0.4 is 0 Å². The third kappa shape index (κ3) is 6.77. The van der Waals surface area contributed by atoms with E-state index in [0.29, 0.717) is 5.82 Å². The zero-order valence-electron chi connectivity index (χ0n) is 37.2. The molecule has 0 radical (unpaired) electrons. The van der Waals surface area contributed by atoms with E-state index < -0.39 is 0 Å². The van der Waals surface area contributed by atoms with Crippen LogP contribution in [0.3, 0.4) is 0 Å². The largest absolute Gasteiger partial charge is 0.309 e. The van der Waals surface area contributed by atoms with Crippen LogP contribution in [0.25, 0.3) is 111 Å². The fourth-order valence-electron chi connectivity index (χ4n) is 10.4. The maximum Gasteiger partial charge on any atom is 0.160 e. The van der Waals surface area contributed by atoms with Crippen LogP contribution in [-0.2, 0) is 0 Å². The van der Waals surface area contributed by atoms with Gasteiger partial charge in [-0.3, -0.25) is 0 Å². The van der Waals surface area contributed by atoms with E-state index in [1.165, 1.54) is 43.7 Å². The van der Waals surface area contributed by atoms with Crippen LogP contribution in [0.5, 0.6) is 0 Å². The second kappa shape index (κ2) is 16.5. The first-order chi connectivity index (χ1) is 33.7. The molecule has 3 aromatic heterocycles. The lowest BCUT2D eigenvalue weighted by Crippen LogP contribution is -2.05. The summed E-state index contributed by atoms with van der Waals surface area (Å²) in [4.78, 5) is 10.8. The van der Waals surface area contributed by atoms with Crippen molar-refractivity contribution >= 4 is 43.6 Å². The van der Waals surface area contributed by atoms with Gasteiger partial charge < -0.3 is 9.13 Å². The number of rotatable bonds is 8. The molecule has 68 heavy (non-hydrogen) atoms. The number of nitrogens with zero attached hydrogens (tertiary/aromatic N) is 4. The average Bonchev–Trinajstić information content (AvgIpc) is 3.93. The number of fused-ring (bicyclic) bond motifs is 6. The Labute approximate surface area is 395 Å². The molecule has 0 amide bonds. The minimum atomic E-state index is 0.150. The van der Waals surface area contributed by atoms with Crippen LogP contribution in [-0.4, -0.2) is 19.1 Å². The number of hydrogen-bond donors (Lipinski definition) is 0. The number of para-hydroxylation sites is 2. The Morgan fingerprint density at radius 2 is 0.897 bits per heavy atom. The third-order valence-corrected chi connectivity index (χ3v) is 13.6. The SMILES string of the molecule is C1=CCC(c2cc(-c3ccccc3)nc(-c3cc(-c4ccccc4)c(-n4c5ccc(-c6ccccc6)cc5c5cc(-n6c7ccccc7c7ccccc76)ccc54)c(-c4ccccc4)c3)n2)C=C1. The van der Waals surface area contributed by atoms with E-state index in [1.54, 1.807) is 0 Å². The summed E-state index contributed by atoms with van der Waals surface area (Å²) in [7, 11) is 0. The molecular weight excluding hydrogens is 825 g/mol. The number of aromatic nitrogens is 4. The van der Waals surface area contributed by atoms with Crippen molar-refractivity contribution in [3.05, 3.63) is 254 Å². The number of benzene rings is 9. The summed E-state index contributed by atoms with van der Waals surface area (Å²) < 4.78 is 4.93. The minimum Gasteiger partial charge on any atom is -0.309 e. The summed E-state index contributed by atoms with van der Waals surface area (Å²) in [6.07, 6.45) is 9.63. The highest BCUT2D eigenvalue weighted by atomic mass is 15.0. The first-order valence-electron chi connectivity index (χ1n) is 23.4. The van der Waals surface area contributed by atoms with Crippen molar-refractivity contribution in [2.45, 2.75) is 12.3 Å². The Bertz CT molecular complexity index is 3800. The summed E-state index contributed by atoms with van der Waals surface area (Å²) in [6, 6.07) is 81.2. The van der Waals surface area contributed by atoms with Gasteiger partial charge in [-0.15, -0.1) is 0 Å². The molecule has 3 heterocycles. The molecular formula is C64H44N4. The fourth-order valence-corrected chi connectivity index (χ4v) is 10.4. The van der Waals surface area contributed by atoms with E-state index in [9.17, 15) is 0 Å². The second-order valence-electron chi connectivity index (χ2n) is 17.7. The highest BCUT2D eigenvalue weighted by molar-refractivity contribution is 6.14. The van der Waals surface area contributed by atoms with Crippen molar-refractivity contribution in [2.75, 3.05) is 0 Å².